The summed E-state index contributed by atoms with van der Waals surface area (Å²) in [5.74, 6) is 0.0866. The normalized spacial score (nSPS) is 17.7. The monoisotopic (exact) mass is 283 g/mol. The molecule has 0 aliphatic carbocycles. The van der Waals surface area contributed by atoms with Crippen molar-refractivity contribution in [2.24, 2.45) is 0 Å². The Bertz CT molecular complexity index is 665. The van der Waals surface area contributed by atoms with Crippen LogP contribution in [-0.4, -0.2) is 5.91 Å². The van der Waals surface area contributed by atoms with Crippen LogP contribution in [0.4, 0.5) is 4.39 Å². The minimum Gasteiger partial charge on any atom is -0.478 e. The smallest absolute Gasteiger partial charge is 0.269 e. The summed E-state index contributed by atoms with van der Waals surface area (Å²) < 4.78 is 18.7. The average Bonchev–Trinajstić information content (AvgIpc) is 2.51. The van der Waals surface area contributed by atoms with Crippen LogP contribution in [0.1, 0.15) is 17.2 Å². The molecule has 0 bridgehead atoms. The molecule has 1 atom stereocenters. The second-order valence-corrected chi connectivity index (χ2v) is 4.83. The van der Waals surface area contributed by atoms with E-state index >= 15 is 0 Å². The van der Waals surface area contributed by atoms with Gasteiger partial charge in [-0.3, -0.25) is 4.79 Å². The van der Waals surface area contributed by atoms with E-state index in [1.165, 1.54) is 12.1 Å². The molecule has 0 radical (unpaired) electrons. The van der Waals surface area contributed by atoms with Gasteiger partial charge in [-0.15, -0.1) is 0 Å². The molecule has 4 heteroatoms. The lowest BCUT2D eigenvalue weighted by molar-refractivity contribution is -0.131. The van der Waals surface area contributed by atoms with Gasteiger partial charge in [-0.2, -0.15) is 0 Å². The minimum absolute atomic E-state index is 0.251. The van der Waals surface area contributed by atoms with Gasteiger partial charge in [0.15, 0.2) is 0 Å². The number of nitrogens with one attached hydrogen (secondary N) is 1. The lowest BCUT2D eigenvalue weighted by atomic mass is 10.1. The lowest BCUT2D eigenvalue weighted by Gasteiger charge is -2.24. The Morgan fingerprint density at radius 2 is 1.76 bits per heavy atom. The summed E-state index contributed by atoms with van der Waals surface area (Å²) in [5, 5.41) is 2.70. The van der Waals surface area contributed by atoms with Crippen LogP contribution in [-0.2, 0) is 16.0 Å². The number of amides is 1. The number of ether oxygens (including phenoxy) is 1. The molecule has 0 unspecified atom stereocenters. The molecule has 1 aliphatic rings. The zero-order chi connectivity index (χ0) is 14.7. The van der Waals surface area contributed by atoms with Crippen LogP contribution < -0.4 is 5.32 Å². The molecule has 0 spiro atoms. The van der Waals surface area contributed by atoms with E-state index in [0.717, 1.165) is 5.56 Å². The lowest BCUT2D eigenvalue weighted by Crippen LogP contribution is -2.32. The number of allylic oxidation sites excluding steroid dienone is 1. The van der Waals surface area contributed by atoms with Crippen LogP contribution in [0, 0.1) is 5.82 Å². The molecule has 2 aromatic rings. The van der Waals surface area contributed by atoms with Gasteiger partial charge in [0.05, 0.1) is 0 Å². The van der Waals surface area contributed by atoms with E-state index in [1.807, 2.05) is 30.3 Å². The molecular formula is C17H14FNO2. The summed E-state index contributed by atoms with van der Waals surface area (Å²) in [6.07, 6.45) is 1.43. The molecule has 3 nitrogen and oxygen atoms in total. The predicted molar refractivity (Wildman–Crippen MR) is 76.6 cm³/mol. The highest BCUT2D eigenvalue weighted by atomic mass is 19.1. The summed E-state index contributed by atoms with van der Waals surface area (Å²) >= 11 is 0. The molecule has 1 N–H and O–H groups in total. The molecule has 3 rings (SSSR count). The average molecular weight is 283 g/mol. The maximum absolute atomic E-state index is 13.0. The van der Waals surface area contributed by atoms with Crippen LogP contribution in [0.15, 0.2) is 66.6 Å². The van der Waals surface area contributed by atoms with Crippen molar-refractivity contribution in [3.8, 4) is 0 Å². The SMILES string of the molecule is O=C1NC=C(Cc2ccccc2)O[C@H]1c1ccc(F)cc1. The van der Waals surface area contributed by atoms with Crippen LogP contribution >= 0.6 is 0 Å². The first-order valence-corrected chi connectivity index (χ1v) is 6.68. The summed E-state index contributed by atoms with van der Waals surface area (Å²) in [7, 11) is 0. The third kappa shape index (κ3) is 3.11. The van der Waals surface area contributed by atoms with Gasteiger partial charge in [0.2, 0.25) is 6.10 Å². The fraction of sp³-hybridized carbons (Fsp3) is 0.118. The predicted octanol–water partition coefficient (Wildman–Crippen LogP) is 3.10. The zero-order valence-corrected chi connectivity index (χ0v) is 11.3. The number of halogens is 1. The molecule has 1 heterocycles. The van der Waals surface area contributed by atoms with Crippen molar-refractivity contribution in [3.63, 3.8) is 0 Å². The van der Waals surface area contributed by atoms with Gasteiger partial charge < -0.3 is 10.1 Å². The molecule has 1 aliphatic heterocycles. The Morgan fingerprint density at radius 3 is 2.48 bits per heavy atom. The standard InChI is InChI=1S/C17H14FNO2/c18-14-8-6-13(7-9-14)16-17(20)19-11-15(21-16)10-12-4-2-1-3-5-12/h1-9,11,16H,10H2,(H,19,20)/t16-/m0/s1. The Labute approximate surface area is 122 Å². The third-order valence-electron chi connectivity index (χ3n) is 3.28. The van der Waals surface area contributed by atoms with E-state index in [2.05, 4.69) is 5.32 Å². The van der Waals surface area contributed by atoms with E-state index in [0.29, 0.717) is 17.7 Å². The van der Waals surface area contributed by atoms with Crippen LogP contribution in [0.3, 0.4) is 0 Å². The van der Waals surface area contributed by atoms with Crippen molar-refractivity contribution >= 4 is 5.91 Å². The second kappa shape index (κ2) is 5.79. The van der Waals surface area contributed by atoms with Gasteiger partial charge in [-0.25, -0.2) is 4.39 Å². The Hall–Kier alpha value is -2.62. The first-order valence-electron chi connectivity index (χ1n) is 6.68. The minimum atomic E-state index is -0.741. The third-order valence-corrected chi connectivity index (χ3v) is 3.28. The van der Waals surface area contributed by atoms with Crippen LogP contribution in [0.2, 0.25) is 0 Å². The Morgan fingerprint density at radius 1 is 1.05 bits per heavy atom. The molecule has 0 fully saturated rings. The van der Waals surface area contributed by atoms with Crippen molar-refractivity contribution in [3.05, 3.63) is 83.5 Å². The van der Waals surface area contributed by atoms with Crippen LogP contribution in [0.25, 0.3) is 0 Å². The van der Waals surface area contributed by atoms with Gasteiger partial charge in [0, 0.05) is 18.2 Å². The van der Waals surface area contributed by atoms with E-state index in [1.54, 1.807) is 18.3 Å². The fourth-order valence-corrected chi connectivity index (χ4v) is 2.21. The highest BCUT2D eigenvalue weighted by Crippen LogP contribution is 2.25. The van der Waals surface area contributed by atoms with Crippen molar-refractivity contribution in [2.45, 2.75) is 12.5 Å². The fourth-order valence-electron chi connectivity index (χ4n) is 2.21. The number of carbonyl (C=O) groups excluding carboxylic acids is 1. The molecule has 0 aromatic heterocycles. The van der Waals surface area contributed by atoms with Gasteiger partial charge in [0.1, 0.15) is 11.6 Å². The molecule has 21 heavy (non-hydrogen) atoms. The summed E-state index contributed by atoms with van der Waals surface area (Å²) in [6, 6.07) is 15.6. The molecule has 1 amide bonds. The van der Waals surface area contributed by atoms with Crippen molar-refractivity contribution < 1.29 is 13.9 Å². The van der Waals surface area contributed by atoms with Crippen molar-refractivity contribution in [1.29, 1.82) is 0 Å². The highest BCUT2D eigenvalue weighted by Gasteiger charge is 2.26. The van der Waals surface area contributed by atoms with E-state index in [-0.39, 0.29) is 11.7 Å². The number of rotatable bonds is 3. The first-order chi connectivity index (χ1) is 10.2. The van der Waals surface area contributed by atoms with Crippen molar-refractivity contribution in [2.75, 3.05) is 0 Å². The van der Waals surface area contributed by atoms with E-state index in [4.69, 9.17) is 4.74 Å². The maximum Gasteiger partial charge on any atom is 0.269 e. The first kappa shape index (κ1) is 13.4. The molecule has 106 valence electrons. The number of hydrogen-bond acceptors (Lipinski definition) is 2. The molecule has 0 saturated carbocycles. The number of hydrogen-bond donors (Lipinski definition) is 1. The van der Waals surface area contributed by atoms with Gasteiger partial charge in [0.25, 0.3) is 5.91 Å². The van der Waals surface area contributed by atoms with E-state index < -0.39 is 6.10 Å². The highest BCUT2D eigenvalue weighted by molar-refractivity contribution is 5.84. The van der Waals surface area contributed by atoms with Crippen molar-refractivity contribution in [1.82, 2.24) is 5.32 Å². The number of carbonyl (C=O) groups is 1. The number of benzene rings is 2. The summed E-state index contributed by atoms with van der Waals surface area (Å²) in [6.45, 7) is 0. The zero-order valence-electron chi connectivity index (χ0n) is 11.3. The molecule has 2 aromatic carbocycles. The second-order valence-electron chi connectivity index (χ2n) is 4.83. The van der Waals surface area contributed by atoms with E-state index in [9.17, 15) is 9.18 Å². The summed E-state index contributed by atoms with van der Waals surface area (Å²) in [5.41, 5.74) is 1.73. The maximum atomic E-state index is 13.0. The Balaban J connectivity index is 1.77. The van der Waals surface area contributed by atoms with Gasteiger partial charge in [-0.05, 0) is 17.7 Å². The molecule has 0 saturated heterocycles. The summed E-state index contributed by atoms with van der Waals surface area (Å²) in [4.78, 5) is 11.9. The largest absolute Gasteiger partial charge is 0.478 e. The Kier molecular flexibility index (Phi) is 3.69. The van der Waals surface area contributed by atoms with Gasteiger partial charge >= 0.3 is 0 Å². The molecular weight excluding hydrogens is 269 g/mol. The van der Waals surface area contributed by atoms with Crippen LogP contribution in [0.5, 0.6) is 0 Å². The van der Waals surface area contributed by atoms with Gasteiger partial charge in [-0.1, -0.05) is 42.5 Å². The topological polar surface area (TPSA) is 38.3 Å². The quantitative estimate of drug-likeness (QED) is 0.940.